The molecule has 0 aromatic heterocycles. The molecule has 106 valence electrons. The highest BCUT2D eigenvalue weighted by Gasteiger charge is 2.22. The Kier molecular flexibility index (Phi) is 5.00. The van der Waals surface area contributed by atoms with Gasteiger partial charge in [-0.2, -0.15) is 0 Å². The Morgan fingerprint density at radius 2 is 2.05 bits per heavy atom. The molecule has 1 aromatic rings. The minimum Gasteiger partial charge on any atom is -0.306 e. The van der Waals surface area contributed by atoms with Crippen molar-refractivity contribution in [2.24, 2.45) is 5.92 Å². The maximum absolute atomic E-state index is 12.1. The molecule has 1 heterocycles. The van der Waals surface area contributed by atoms with Gasteiger partial charge < -0.3 is 4.90 Å². The number of nitrogens with zero attached hydrogens (tertiary/aromatic N) is 1. The minimum atomic E-state index is -3.37. The maximum atomic E-state index is 12.1. The minimum absolute atomic E-state index is 0.337. The number of hydrogen-bond acceptors (Lipinski definition) is 3. The van der Waals surface area contributed by atoms with E-state index in [0.717, 1.165) is 30.4 Å². The van der Waals surface area contributed by atoms with E-state index in [0.29, 0.717) is 17.4 Å². The molecule has 1 aliphatic heterocycles. The molecule has 0 spiro atoms. The van der Waals surface area contributed by atoms with Crippen LogP contribution in [0.2, 0.25) is 0 Å². The fraction of sp³-hybridized carbons (Fsp3) is 0.538. The molecule has 4 nitrogen and oxygen atoms in total. The molecule has 1 aliphatic rings. The average Bonchev–Trinajstić information content (AvgIpc) is 2.82. The van der Waals surface area contributed by atoms with Gasteiger partial charge in [-0.25, -0.2) is 13.1 Å². The van der Waals surface area contributed by atoms with Gasteiger partial charge in [-0.15, -0.1) is 0 Å². The van der Waals surface area contributed by atoms with Gasteiger partial charge in [0.25, 0.3) is 0 Å². The van der Waals surface area contributed by atoms with Crippen LogP contribution < -0.4 is 4.72 Å². The van der Waals surface area contributed by atoms with E-state index >= 15 is 0 Å². The summed E-state index contributed by atoms with van der Waals surface area (Å²) in [5.74, 6) is 0.418. The lowest BCUT2D eigenvalue weighted by molar-refractivity contribution is 0.394. The first-order valence-electron chi connectivity index (χ1n) is 6.34. The van der Waals surface area contributed by atoms with E-state index in [1.165, 1.54) is 0 Å². The van der Waals surface area contributed by atoms with Crippen molar-refractivity contribution in [3.8, 4) is 0 Å². The Hall–Kier alpha value is -0.430. The summed E-state index contributed by atoms with van der Waals surface area (Å²) in [6.07, 6.45) is 1.06. The number of alkyl halides is 1. The Labute approximate surface area is 123 Å². The third-order valence-corrected chi connectivity index (χ3v) is 5.53. The third-order valence-electron chi connectivity index (χ3n) is 3.44. The molecule has 19 heavy (non-hydrogen) atoms. The van der Waals surface area contributed by atoms with Crippen molar-refractivity contribution in [1.82, 2.24) is 9.62 Å². The summed E-state index contributed by atoms with van der Waals surface area (Å²) in [5.41, 5.74) is 1.07. The zero-order valence-corrected chi connectivity index (χ0v) is 13.4. The van der Waals surface area contributed by atoms with Crippen molar-refractivity contribution in [2.45, 2.75) is 16.6 Å². The van der Waals surface area contributed by atoms with Gasteiger partial charge >= 0.3 is 0 Å². The van der Waals surface area contributed by atoms with Crippen LogP contribution in [0.25, 0.3) is 0 Å². The average molecular weight is 347 g/mol. The molecule has 6 heteroatoms. The topological polar surface area (TPSA) is 49.4 Å². The van der Waals surface area contributed by atoms with Crippen molar-refractivity contribution in [2.75, 3.05) is 26.7 Å². The monoisotopic (exact) mass is 346 g/mol. The second kappa shape index (κ2) is 6.35. The molecule has 2 rings (SSSR count). The van der Waals surface area contributed by atoms with E-state index in [1.54, 1.807) is 12.1 Å². The largest absolute Gasteiger partial charge is 0.306 e. The summed E-state index contributed by atoms with van der Waals surface area (Å²) < 4.78 is 27.0. The smallest absolute Gasteiger partial charge is 0.240 e. The summed E-state index contributed by atoms with van der Waals surface area (Å²) in [5, 5.41) is 0.731. The van der Waals surface area contributed by atoms with Gasteiger partial charge in [-0.1, -0.05) is 28.1 Å². The van der Waals surface area contributed by atoms with E-state index in [-0.39, 0.29) is 0 Å². The van der Waals surface area contributed by atoms with E-state index < -0.39 is 10.0 Å². The number of sulfonamides is 1. The molecule has 0 bridgehead atoms. The Bertz CT molecular complexity index is 516. The lowest BCUT2D eigenvalue weighted by Crippen LogP contribution is -2.30. The van der Waals surface area contributed by atoms with Gasteiger partial charge in [0.05, 0.1) is 4.90 Å². The molecule has 1 atom stereocenters. The van der Waals surface area contributed by atoms with Crippen LogP contribution in [-0.4, -0.2) is 40.0 Å². The van der Waals surface area contributed by atoms with Gasteiger partial charge in [-0.05, 0) is 43.6 Å². The molecule has 0 saturated carbocycles. The van der Waals surface area contributed by atoms with Crippen LogP contribution in [0.5, 0.6) is 0 Å². The lowest BCUT2D eigenvalue weighted by Gasteiger charge is -2.12. The summed E-state index contributed by atoms with van der Waals surface area (Å²) in [4.78, 5) is 2.56. The predicted molar refractivity (Wildman–Crippen MR) is 79.9 cm³/mol. The normalized spacial score (nSPS) is 20.8. The lowest BCUT2D eigenvalue weighted by atomic mass is 10.1. The first-order chi connectivity index (χ1) is 9.01. The zero-order chi connectivity index (χ0) is 13.9. The number of hydrogen-bond donors (Lipinski definition) is 1. The van der Waals surface area contributed by atoms with Crippen LogP contribution in [0.1, 0.15) is 12.0 Å². The van der Waals surface area contributed by atoms with Crippen molar-refractivity contribution >= 4 is 26.0 Å². The fourth-order valence-electron chi connectivity index (χ4n) is 2.26. The van der Waals surface area contributed by atoms with Gasteiger partial charge in [-0.3, -0.25) is 0 Å². The third kappa shape index (κ3) is 4.02. The Morgan fingerprint density at radius 1 is 1.37 bits per heavy atom. The molecule has 0 amide bonds. The van der Waals surface area contributed by atoms with Crippen molar-refractivity contribution in [3.05, 3.63) is 29.8 Å². The molecular weight excluding hydrogens is 328 g/mol. The Morgan fingerprint density at radius 3 is 2.58 bits per heavy atom. The molecular formula is C13H19BrN2O2S. The van der Waals surface area contributed by atoms with Crippen LogP contribution in [-0.2, 0) is 15.4 Å². The van der Waals surface area contributed by atoms with Gasteiger partial charge in [0, 0.05) is 18.4 Å². The van der Waals surface area contributed by atoms with Crippen molar-refractivity contribution < 1.29 is 8.42 Å². The standard InChI is InChI=1S/C13H19BrN2O2S/c1-16-7-6-12(10-16)9-15-19(17,18)13-4-2-11(8-14)3-5-13/h2-5,12,15H,6-10H2,1H3. The molecule has 0 aliphatic carbocycles. The summed E-state index contributed by atoms with van der Waals surface area (Å²) in [6.45, 7) is 2.53. The summed E-state index contributed by atoms with van der Waals surface area (Å²) in [7, 11) is -1.31. The number of rotatable bonds is 5. The summed E-state index contributed by atoms with van der Waals surface area (Å²) in [6, 6.07) is 6.96. The molecule has 0 radical (unpaired) electrons. The summed E-state index contributed by atoms with van der Waals surface area (Å²) >= 11 is 3.34. The first kappa shape index (κ1) is 15.0. The van der Waals surface area contributed by atoms with Crippen LogP contribution in [0, 0.1) is 5.92 Å². The van der Waals surface area contributed by atoms with Crippen LogP contribution in [0.4, 0.5) is 0 Å². The quantitative estimate of drug-likeness (QED) is 0.827. The fourth-order valence-corrected chi connectivity index (χ4v) is 3.75. The number of benzene rings is 1. The molecule has 1 unspecified atom stereocenters. The number of likely N-dealkylation sites (tertiary alicyclic amines) is 1. The molecule has 1 saturated heterocycles. The molecule has 1 fully saturated rings. The van der Waals surface area contributed by atoms with Gasteiger partial charge in [0.15, 0.2) is 0 Å². The van der Waals surface area contributed by atoms with Gasteiger partial charge in [0.1, 0.15) is 0 Å². The second-order valence-electron chi connectivity index (χ2n) is 5.05. The van der Waals surface area contributed by atoms with E-state index in [4.69, 9.17) is 0 Å². The second-order valence-corrected chi connectivity index (χ2v) is 7.37. The zero-order valence-electron chi connectivity index (χ0n) is 11.0. The first-order valence-corrected chi connectivity index (χ1v) is 8.95. The van der Waals surface area contributed by atoms with Crippen molar-refractivity contribution in [1.29, 1.82) is 0 Å². The van der Waals surface area contributed by atoms with E-state index in [2.05, 4.69) is 32.6 Å². The van der Waals surface area contributed by atoms with Crippen molar-refractivity contribution in [3.63, 3.8) is 0 Å². The molecule has 1 aromatic carbocycles. The SMILES string of the molecule is CN1CCC(CNS(=O)(=O)c2ccc(CBr)cc2)C1. The van der Waals surface area contributed by atoms with Crippen LogP contribution in [0.3, 0.4) is 0 Å². The van der Waals surface area contributed by atoms with Gasteiger partial charge in [0.2, 0.25) is 10.0 Å². The predicted octanol–water partition coefficient (Wildman–Crippen LogP) is 1.81. The number of nitrogens with one attached hydrogen (secondary N) is 1. The maximum Gasteiger partial charge on any atom is 0.240 e. The number of halogens is 1. The highest BCUT2D eigenvalue weighted by Crippen LogP contribution is 2.16. The Balaban J connectivity index is 1.97. The molecule has 1 N–H and O–H groups in total. The highest BCUT2D eigenvalue weighted by molar-refractivity contribution is 9.08. The van der Waals surface area contributed by atoms with Crippen LogP contribution >= 0.6 is 15.9 Å². The van der Waals surface area contributed by atoms with Crippen LogP contribution in [0.15, 0.2) is 29.2 Å². The van der Waals surface area contributed by atoms with E-state index in [9.17, 15) is 8.42 Å². The van der Waals surface area contributed by atoms with E-state index in [1.807, 2.05) is 12.1 Å². The highest BCUT2D eigenvalue weighted by atomic mass is 79.9.